The van der Waals surface area contributed by atoms with E-state index in [1.165, 1.54) is 0 Å². The van der Waals surface area contributed by atoms with Gasteiger partial charge in [-0.1, -0.05) is 53.0 Å². The lowest BCUT2D eigenvalue weighted by Gasteiger charge is -2.14. The number of benzene rings is 3. The fourth-order valence-electron chi connectivity index (χ4n) is 2.65. The number of hydrogen-bond donors (Lipinski definition) is 1. The molecule has 1 N–H and O–H groups in total. The normalized spacial score (nSPS) is 10.6. The van der Waals surface area contributed by atoms with Crippen LogP contribution in [0.1, 0.15) is 18.1 Å². The van der Waals surface area contributed by atoms with Crippen molar-refractivity contribution in [3.8, 4) is 11.5 Å². The van der Waals surface area contributed by atoms with E-state index in [4.69, 9.17) is 44.3 Å². The van der Waals surface area contributed by atoms with Crippen LogP contribution in [0.15, 0.2) is 60.7 Å². The van der Waals surface area contributed by atoms with Crippen molar-refractivity contribution >= 4 is 40.5 Å². The van der Waals surface area contributed by atoms with Crippen molar-refractivity contribution in [1.29, 1.82) is 0 Å². The van der Waals surface area contributed by atoms with Crippen LogP contribution in [0.3, 0.4) is 0 Å². The van der Waals surface area contributed by atoms with E-state index in [0.29, 0.717) is 46.3 Å². The molecule has 3 aromatic carbocycles. The Labute approximate surface area is 180 Å². The molecule has 0 aromatic heterocycles. The molecule has 0 radical (unpaired) electrons. The Morgan fingerprint density at radius 3 is 2.39 bits per heavy atom. The Bertz CT molecular complexity index is 947. The summed E-state index contributed by atoms with van der Waals surface area (Å²) in [6.45, 7) is 3.53. The van der Waals surface area contributed by atoms with Gasteiger partial charge in [0.1, 0.15) is 6.61 Å². The van der Waals surface area contributed by atoms with Crippen LogP contribution in [0, 0.1) is 0 Å². The largest absolute Gasteiger partial charge is 0.490 e. The SMILES string of the molecule is CCOc1cc(CNc2ccc(Cl)c(Cl)c2)ccc1OCc1cccc(Cl)c1. The molecule has 146 valence electrons. The number of nitrogens with one attached hydrogen (secondary N) is 1. The van der Waals surface area contributed by atoms with Crippen LogP contribution < -0.4 is 14.8 Å². The number of ether oxygens (including phenoxy) is 2. The van der Waals surface area contributed by atoms with E-state index in [1.54, 1.807) is 12.1 Å². The van der Waals surface area contributed by atoms with Crippen molar-refractivity contribution in [1.82, 2.24) is 0 Å². The fourth-order valence-corrected chi connectivity index (χ4v) is 3.16. The van der Waals surface area contributed by atoms with Crippen LogP contribution in [0.2, 0.25) is 15.1 Å². The van der Waals surface area contributed by atoms with Crippen molar-refractivity contribution in [2.75, 3.05) is 11.9 Å². The standard InChI is InChI=1S/C22H20Cl3NO2/c1-2-27-22-11-15(13-26-18-7-8-19(24)20(25)12-18)6-9-21(22)28-14-16-4-3-5-17(23)10-16/h3-12,26H,2,13-14H2,1H3. The second kappa shape index (κ2) is 9.92. The summed E-state index contributed by atoms with van der Waals surface area (Å²) in [6.07, 6.45) is 0. The number of rotatable bonds is 8. The highest BCUT2D eigenvalue weighted by Gasteiger charge is 2.08. The van der Waals surface area contributed by atoms with Gasteiger partial charge in [-0.15, -0.1) is 0 Å². The smallest absolute Gasteiger partial charge is 0.161 e. The second-order valence-corrected chi connectivity index (χ2v) is 7.37. The van der Waals surface area contributed by atoms with Crippen LogP contribution in [0.4, 0.5) is 5.69 Å². The highest BCUT2D eigenvalue weighted by Crippen LogP contribution is 2.30. The fraction of sp³-hybridized carbons (Fsp3) is 0.182. The van der Waals surface area contributed by atoms with E-state index in [0.717, 1.165) is 16.8 Å². The summed E-state index contributed by atoms with van der Waals surface area (Å²) >= 11 is 18.0. The molecule has 0 saturated heterocycles. The maximum atomic E-state index is 6.06. The third kappa shape index (κ3) is 5.71. The molecule has 0 amide bonds. The Balaban J connectivity index is 1.68. The van der Waals surface area contributed by atoms with Gasteiger partial charge in [-0.3, -0.25) is 0 Å². The molecule has 0 fully saturated rings. The minimum absolute atomic E-state index is 0.418. The monoisotopic (exact) mass is 435 g/mol. The molecular formula is C22H20Cl3NO2. The zero-order valence-corrected chi connectivity index (χ0v) is 17.6. The predicted molar refractivity (Wildman–Crippen MR) is 117 cm³/mol. The Kier molecular flexibility index (Phi) is 7.32. The van der Waals surface area contributed by atoms with Gasteiger partial charge in [0.15, 0.2) is 11.5 Å². The lowest BCUT2D eigenvalue weighted by atomic mass is 10.2. The average molecular weight is 437 g/mol. The summed E-state index contributed by atoms with van der Waals surface area (Å²) in [7, 11) is 0. The van der Waals surface area contributed by atoms with Gasteiger partial charge in [0, 0.05) is 17.3 Å². The highest BCUT2D eigenvalue weighted by atomic mass is 35.5. The Morgan fingerprint density at radius 1 is 0.786 bits per heavy atom. The maximum absolute atomic E-state index is 6.06. The van der Waals surface area contributed by atoms with Crippen LogP contribution in [-0.4, -0.2) is 6.61 Å². The quantitative estimate of drug-likeness (QED) is 0.404. The number of anilines is 1. The summed E-state index contributed by atoms with van der Waals surface area (Å²) in [5.74, 6) is 1.40. The predicted octanol–water partition coefficient (Wildman–Crippen LogP) is 7.24. The Morgan fingerprint density at radius 2 is 1.64 bits per heavy atom. The molecule has 3 nitrogen and oxygen atoms in total. The molecule has 0 aliphatic heterocycles. The summed E-state index contributed by atoms with van der Waals surface area (Å²) in [5.41, 5.74) is 2.96. The molecule has 0 unspecified atom stereocenters. The first-order valence-electron chi connectivity index (χ1n) is 8.87. The minimum Gasteiger partial charge on any atom is -0.490 e. The zero-order valence-electron chi connectivity index (χ0n) is 15.3. The number of halogens is 3. The highest BCUT2D eigenvalue weighted by molar-refractivity contribution is 6.42. The second-order valence-electron chi connectivity index (χ2n) is 6.12. The van der Waals surface area contributed by atoms with Crippen molar-refractivity contribution in [3.63, 3.8) is 0 Å². The first-order valence-corrected chi connectivity index (χ1v) is 10.0. The molecule has 0 heterocycles. The molecule has 0 aliphatic carbocycles. The van der Waals surface area contributed by atoms with Gasteiger partial charge >= 0.3 is 0 Å². The van der Waals surface area contributed by atoms with E-state index >= 15 is 0 Å². The van der Waals surface area contributed by atoms with Gasteiger partial charge in [-0.25, -0.2) is 0 Å². The average Bonchev–Trinajstić information content (AvgIpc) is 2.68. The van der Waals surface area contributed by atoms with Gasteiger partial charge < -0.3 is 14.8 Å². The van der Waals surface area contributed by atoms with Gasteiger partial charge in [0.25, 0.3) is 0 Å². The van der Waals surface area contributed by atoms with Crippen molar-refractivity contribution in [3.05, 3.63) is 86.9 Å². The minimum atomic E-state index is 0.418. The molecular weight excluding hydrogens is 417 g/mol. The van der Waals surface area contributed by atoms with Gasteiger partial charge in [0.05, 0.1) is 16.7 Å². The van der Waals surface area contributed by atoms with E-state index in [1.807, 2.05) is 55.5 Å². The third-order valence-electron chi connectivity index (χ3n) is 4.01. The summed E-state index contributed by atoms with van der Waals surface area (Å²) in [4.78, 5) is 0. The number of hydrogen-bond acceptors (Lipinski definition) is 3. The summed E-state index contributed by atoms with van der Waals surface area (Å²) in [6, 6.07) is 19.0. The van der Waals surface area contributed by atoms with Gasteiger partial charge in [-0.2, -0.15) is 0 Å². The molecule has 6 heteroatoms. The van der Waals surface area contributed by atoms with Crippen LogP contribution in [0.25, 0.3) is 0 Å². The molecule has 3 rings (SSSR count). The van der Waals surface area contributed by atoms with E-state index in [9.17, 15) is 0 Å². The van der Waals surface area contributed by atoms with E-state index in [2.05, 4.69) is 5.32 Å². The van der Waals surface area contributed by atoms with Crippen LogP contribution in [-0.2, 0) is 13.2 Å². The van der Waals surface area contributed by atoms with Crippen molar-refractivity contribution in [2.45, 2.75) is 20.1 Å². The van der Waals surface area contributed by atoms with Crippen LogP contribution in [0.5, 0.6) is 11.5 Å². The molecule has 0 saturated carbocycles. The molecule has 0 atom stereocenters. The first-order chi connectivity index (χ1) is 13.5. The van der Waals surface area contributed by atoms with E-state index < -0.39 is 0 Å². The molecule has 0 bridgehead atoms. The zero-order chi connectivity index (χ0) is 19.9. The maximum Gasteiger partial charge on any atom is 0.161 e. The van der Waals surface area contributed by atoms with E-state index in [-0.39, 0.29) is 0 Å². The summed E-state index contributed by atoms with van der Waals surface area (Å²) in [5, 5.41) is 5.07. The van der Waals surface area contributed by atoms with Crippen LogP contribution >= 0.6 is 34.8 Å². The molecule has 0 aliphatic rings. The third-order valence-corrected chi connectivity index (χ3v) is 4.98. The van der Waals surface area contributed by atoms with Gasteiger partial charge in [-0.05, 0) is 60.5 Å². The molecule has 3 aromatic rings. The van der Waals surface area contributed by atoms with Crippen molar-refractivity contribution < 1.29 is 9.47 Å². The summed E-state index contributed by atoms with van der Waals surface area (Å²) < 4.78 is 11.7. The Hall–Kier alpha value is -2.07. The molecule has 28 heavy (non-hydrogen) atoms. The van der Waals surface area contributed by atoms with Gasteiger partial charge in [0.2, 0.25) is 0 Å². The lowest BCUT2D eigenvalue weighted by molar-refractivity contribution is 0.269. The lowest BCUT2D eigenvalue weighted by Crippen LogP contribution is -2.03. The first kappa shape index (κ1) is 20.7. The topological polar surface area (TPSA) is 30.5 Å². The van der Waals surface area contributed by atoms with Crippen molar-refractivity contribution in [2.24, 2.45) is 0 Å². The molecule has 0 spiro atoms.